The molecule has 0 saturated carbocycles. The molecule has 29 heavy (non-hydrogen) atoms. The molecular weight excluding hydrogens is 386 g/mol. The van der Waals surface area contributed by atoms with Gasteiger partial charge < -0.3 is 4.90 Å². The molecule has 4 nitrogen and oxygen atoms in total. The van der Waals surface area contributed by atoms with Gasteiger partial charge in [0.15, 0.2) is 0 Å². The van der Waals surface area contributed by atoms with Crippen LogP contribution in [0.1, 0.15) is 18.0 Å². The Balaban J connectivity index is 1.78. The van der Waals surface area contributed by atoms with Crippen LogP contribution in [0, 0.1) is 5.82 Å². The standard InChI is InChI=1S/C21H17F4N3O/c1-2-18(29)27-11-10-15(12-27)28-20-16(4-3-5-17(20)22)19(26-28)13-6-8-14(9-7-13)21(23,24)25/h2-9,15H,1,10-12H2. The SMILES string of the molecule is C=CC(=O)N1CCC(n2nc(-c3ccc(C(F)(F)F)cc3)c3cccc(F)c32)C1. The molecular formula is C21H17F4N3O. The third kappa shape index (κ3) is 3.39. The van der Waals surface area contributed by atoms with Crippen molar-refractivity contribution in [3.8, 4) is 11.3 Å². The molecule has 3 aromatic rings. The van der Waals surface area contributed by atoms with Crippen LogP contribution in [0.15, 0.2) is 55.1 Å². The zero-order valence-electron chi connectivity index (χ0n) is 15.3. The number of halogens is 4. The van der Waals surface area contributed by atoms with Crippen LogP contribution in [0.2, 0.25) is 0 Å². The Morgan fingerprint density at radius 2 is 1.90 bits per heavy atom. The van der Waals surface area contributed by atoms with E-state index < -0.39 is 17.6 Å². The van der Waals surface area contributed by atoms with Crippen molar-refractivity contribution in [3.63, 3.8) is 0 Å². The van der Waals surface area contributed by atoms with Crippen LogP contribution in [0.4, 0.5) is 17.6 Å². The van der Waals surface area contributed by atoms with Crippen LogP contribution >= 0.6 is 0 Å². The zero-order valence-corrected chi connectivity index (χ0v) is 15.3. The lowest BCUT2D eigenvalue weighted by molar-refractivity contribution is -0.137. The second-order valence-corrected chi connectivity index (χ2v) is 6.94. The number of rotatable bonds is 3. The van der Waals surface area contributed by atoms with E-state index in [1.165, 1.54) is 24.3 Å². The van der Waals surface area contributed by atoms with Crippen molar-refractivity contribution >= 4 is 16.8 Å². The minimum atomic E-state index is -4.43. The minimum Gasteiger partial charge on any atom is -0.337 e. The zero-order chi connectivity index (χ0) is 20.8. The molecule has 1 aliphatic rings. The number of carbonyl (C=O) groups is 1. The monoisotopic (exact) mass is 403 g/mol. The van der Waals surface area contributed by atoms with Crippen LogP contribution in [0.3, 0.4) is 0 Å². The fourth-order valence-electron chi connectivity index (χ4n) is 3.72. The van der Waals surface area contributed by atoms with E-state index in [4.69, 9.17) is 0 Å². The Bertz CT molecular complexity index is 1090. The van der Waals surface area contributed by atoms with Crippen LogP contribution in [0.25, 0.3) is 22.2 Å². The summed E-state index contributed by atoms with van der Waals surface area (Å²) in [5, 5.41) is 5.06. The van der Waals surface area contributed by atoms with E-state index in [-0.39, 0.29) is 17.5 Å². The van der Waals surface area contributed by atoms with Crippen molar-refractivity contribution < 1.29 is 22.4 Å². The Labute approximate surface area is 164 Å². The van der Waals surface area contributed by atoms with Crippen molar-refractivity contribution in [3.05, 3.63) is 66.5 Å². The topological polar surface area (TPSA) is 38.1 Å². The Morgan fingerprint density at radius 3 is 2.55 bits per heavy atom. The van der Waals surface area contributed by atoms with Gasteiger partial charge in [0.25, 0.3) is 0 Å². The van der Waals surface area contributed by atoms with Crippen molar-refractivity contribution in [1.82, 2.24) is 14.7 Å². The number of alkyl halides is 3. The predicted octanol–water partition coefficient (Wildman–Crippen LogP) is 4.82. The highest BCUT2D eigenvalue weighted by atomic mass is 19.4. The summed E-state index contributed by atoms with van der Waals surface area (Å²) in [5.74, 6) is -0.672. The minimum absolute atomic E-state index is 0.201. The second-order valence-electron chi connectivity index (χ2n) is 6.94. The molecule has 0 spiro atoms. The first kappa shape index (κ1) is 19.2. The lowest BCUT2D eigenvalue weighted by atomic mass is 10.1. The third-order valence-electron chi connectivity index (χ3n) is 5.16. The van der Waals surface area contributed by atoms with Gasteiger partial charge in [0.1, 0.15) is 17.0 Å². The average Bonchev–Trinajstić information content (AvgIpc) is 3.32. The molecule has 1 amide bonds. The number of carbonyl (C=O) groups excluding carboxylic acids is 1. The van der Waals surface area contributed by atoms with Crippen molar-refractivity contribution in [2.24, 2.45) is 0 Å². The maximum absolute atomic E-state index is 14.7. The average molecular weight is 403 g/mol. The Morgan fingerprint density at radius 1 is 1.17 bits per heavy atom. The predicted molar refractivity (Wildman–Crippen MR) is 101 cm³/mol. The van der Waals surface area contributed by atoms with Gasteiger partial charge >= 0.3 is 6.18 Å². The number of para-hydroxylation sites is 1. The van der Waals surface area contributed by atoms with E-state index in [2.05, 4.69) is 11.7 Å². The van der Waals surface area contributed by atoms with Gasteiger partial charge in [-0.1, -0.05) is 30.8 Å². The molecule has 0 aliphatic carbocycles. The maximum Gasteiger partial charge on any atom is 0.416 e. The summed E-state index contributed by atoms with van der Waals surface area (Å²) in [7, 11) is 0. The molecule has 1 saturated heterocycles. The molecule has 150 valence electrons. The van der Waals surface area contributed by atoms with Gasteiger partial charge in [0, 0.05) is 24.0 Å². The van der Waals surface area contributed by atoms with E-state index in [1.807, 2.05) is 0 Å². The Hall–Kier alpha value is -3.16. The molecule has 1 aliphatic heterocycles. The van der Waals surface area contributed by atoms with Crippen LogP contribution < -0.4 is 0 Å². The summed E-state index contributed by atoms with van der Waals surface area (Å²) in [5.41, 5.74) is 0.386. The van der Waals surface area contributed by atoms with Crippen LogP contribution in [0.5, 0.6) is 0 Å². The van der Waals surface area contributed by atoms with Gasteiger partial charge in [0.05, 0.1) is 11.6 Å². The molecule has 2 heterocycles. The molecule has 0 radical (unpaired) electrons. The molecule has 1 unspecified atom stereocenters. The first-order valence-corrected chi connectivity index (χ1v) is 9.05. The number of aromatic nitrogens is 2. The summed E-state index contributed by atoms with van der Waals surface area (Å²) in [4.78, 5) is 13.5. The van der Waals surface area contributed by atoms with E-state index in [9.17, 15) is 22.4 Å². The number of likely N-dealkylation sites (tertiary alicyclic amines) is 1. The third-order valence-corrected chi connectivity index (χ3v) is 5.16. The number of nitrogens with zero attached hydrogens (tertiary/aromatic N) is 3. The largest absolute Gasteiger partial charge is 0.416 e. The fourth-order valence-corrected chi connectivity index (χ4v) is 3.72. The summed E-state index contributed by atoms with van der Waals surface area (Å²) < 4.78 is 54.8. The van der Waals surface area contributed by atoms with Gasteiger partial charge in [0.2, 0.25) is 5.91 Å². The van der Waals surface area contributed by atoms with Gasteiger partial charge in [-0.2, -0.15) is 18.3 Å². The summed E-state index contributed by atoms with van der Waals surface area (Å²) >= 11 is 0. The van der Waals surface area contributed by atoms with Crippen LogP contribution in [-0.2, 0) is 11.0 Å². The molecule has 0 bridgehead atoms. The van der Waals surface area contributed by atoms with E-state index in [1.54, 1.807) is 21.7 Å². The second kappa shape index (κ2) is 7.02. The van der Waals surface area contributed by atoms with Crippen molar-refractivity contribution in [2.75, 3.05) is 13.1 Å². The maximum atomic E-state index is 14.7. The van der Waals surface area contributed by atoms with E-state index in [0.29, 0.717) is 36.2 Å². The van der Waals surface area contributed by atoms with E-state index >= 15 is 0 Å². The van der Waals surface area contributed by atoms with Crippen molar-refractivity contribution in [2.45, 2.75) is 18.6 Å². The molecule has 1 aromatic heterocycles. The smallest absolute Gasteiger partial charge is 0.337 e. The number of hydrogen-bond donors (Lipinski definition) is 0. The first-order valence-electron chi connectivity index (χ1n) is 9.05. The summed E-state index contributed by atoms with van der Waals surface area (Å²) in [6.07, 6.45) is -2.61. The fraction of sp³-hybridized carbons (Fsp3) is 0.238. The molecule has 8 heteroatoms. The Kier molecular flexibility index (Phi) is 4.64. The highest BCUT2D eigenvalue weighted by Gasteiger charge is 2.31. The lowest BCUT2D eigenvalue weighted by Gasteiger charge is -2.15. The van der Waals surface area contributed by atoms with Crippen molar-refractivity contribution in [1.29, 1.82) is 0 Å². The summed E-state index contributed by atoms with van der Waals surface area (Å²) in [6, 6.07) is 8.96. The molecule has 4 rings (SSSR count). The van der Waals surface area contributed by atoms with E-state index in [0.717, 1.165) is 12.1 Å². The van der Waals surface area contributed by atoms with Gasteiger partial charge in [-0.05, 0) is 30.7 Å². The normalized spacial score (nSPS) is 17.1. The number of benzene rings is 2. The number of fused-ring (bicyclic) bond motifs is 1. The molecule has 1 atom stereocenters. The summed E-state index contributed by atoms with van der Waals surface area (Å²) in [6.45, 7) is 4.35. The van der Waals surface area contributed by atoms with Gasteiger partial charge in [-0.15, -0.1) is 0 Å². The molecule has 1 fully saturated rings. The quantitative estimate of drug-likeness (QED) is 0.465. The highest BCUT2D eigenvalue weighted by Crippen LogP contribution is 2.35. The van der Waals surface area contributed by atoms with Gasteiger partial charge in [-0.25, -0.2) is 4.39 Å². The van der Waals surface area contributed by atoms with Crippen LogP contribution in [-0.4, -0.2) is 33.7 Å². The number of amides is 1. The first-order chi connectivity index (χ1) is 13.8. The number of hydrogen-bond acceptors (Lipinski definition) is 2. The highest BCUT2D eigenvalue weighted by molar-refractivity contribution is 5.94. The lowest BCUT2D eigenvalue weighted by Crippen LogP contribution is -2.27. The van der Waals surface area contributed by atoms with Gasteiger partial charge in [-0.3, -0.25) is 9.48 Å². The molecule has 2 aromatic carbocycles. The molecule has 0 N–H and O–H groups in total.